The molecule has 0 saturated heterocycles. The van der Waals surface area contributed by atoms with Crippen molar-refractivity contribution in [2.24, 2.45) is 0 Å². The molecular formula is C16H18N2O2S. The highest BCUT2D eigenvalue weighted by molar-refractivity contribution is 7.92. The Morgan fingerprint density at radius 2 is 1.81 bits per heavy atom. The van der Waals surface area contributed by atoms with Gasteiger partial charge in [0.05, 0.1) is 10.6 Å². The minimum absolute atomic E-state index is 0.280. The Balaban J connectivity index is 1.89. The highest BCUT2D eigenvalue weighted by Gasteiger charge is 2.18. The van der Waals surface area contributed by atoms with Gasteiger partial charge in [-0.15, -0.1) is 0 Å². The van der Waals surface area contributed by atoms with Crippen molar-refractivity contribution in [3.05, 3.63) is 53.6 Å². The predicted molar refractivity (Wildman–Crippen MR) is 85.4 cm³/mol. The summed E-state index contributed by atoms with van der Waals surface area (Å²) in [5, 5.41) is 0. The zero-order valence-corrected chi connectivity index (χ0v) is 12.9. The number of sulfonamides is 1. The van der Waals surface area contributed by atoms with Gasteiger partial charge in [-0.2, -0.15) is 0 Å². The molecule has 1 heterocycles. The lowest BCUT2D eigenvalue weighted by Crippen LogP contribution is -2.14. The summed E-state index contributed by atoms with van der Waals surface area (Å²) < 4.78 is 27.4. The molecule has 0 unspecified atom stereocenters. The Morgan fingerprint density at radius 3 is 2.52 bits per heavy atom. The summed E-state index contributed by atoms with van der Waals surface area (Å²) >= 11 is 0. The molecule has 0 aromatic heterocycles. The highest BCUT2D eigenvalue weighted by Crippen LogP contribution is 2.30. The van der Waals surface area contributed by atoms with Crippen LogP contribution in [-0.4, -0.2) is 22.0 Å². The number of nitrogens with zero attached hydrogens (tertiary/aromatic N) is 1. The number of likely N-dealkylation sites (N-methyl/N-ethyl adjacent to an activating group) is 1. The van der Waals surface area contributed by atoms with E-state index in [0.717, 1.165) is 24.2 Å². The van der Waals surface area contributed by atoms with Crippen LogP contribution in [0.3, 0.4) is 0 Å². The molecule has 21 heavy (non-hydrogen) atoms. The number of hydrogen-bond acceptors (Lipinski definition) is 3. The van der Waals surface area contributed by atoms with E-state index in [9.17, 15) is 8.42 Å². The minimum Gasteiger partial charge on any atom is -0.374 e. The van der Waals surface area contributed by atoms with Gasteiger partial charge in [-0.3, -0.25) is 4.72 Å². The van der Waals surface area contributed by atoms with E-state index < -0.39 is 10.0 Å². The first-order valence-electron chi connectivity index (χ1n) is 6.89. The van der Waals surface area contributed by atoms with Crippen LogP contribution in [0.2, 0.25) is 0 Å². The van der Waals surface area contributed by atoms with Gasteiger partial charge in [0.25, 0.3) is 10.0 Å². The first-order valence-corrected chi connectivity index (χ1v) is 8.37. The SMILES string of the molecule is Cc1ccc(S(=O)(=O)Nc2ccc3c(c2)N(C)CC3)cc1. The molecule has 4 nitrogen and oxygen atoms in total. The van der Waals surface area contributed by atoms with Crippen LogP contribution in [0.4, 0.5) is 11.4 Å². The van der Waals surface area contributed by atoms with Gasteiger partial charge in [0.1, 0.15) is 0 Å². The average molecular weight is 302 g/mol. The van der Waals surface area contributed by atoms with Crippen LogP contribution in [-0.2, 0) is 16.4 Å². The summed E-state index contributed by atoms with van der Waals surface area (Å²) in [5.74, 6) is 0. The van der Waals surface area contributed by atoms with E-state index in [2.05, 4.69) is 9.62 Å². The van der Waals surface area contributed by atoms with Crippen LogP contribution in [0.25, 0.3) is 0 Å². The number of anilines is 2. The van der Waals surface area contributed by atoms with Gasteiger partial charge in [0.2, 0.25) is 0 Å². The molecular weight excluding hydrogens is 284 g/mol. The molecule has 1 aliphatic rings. The lowest BCUT2D eigenvalue weighted by atomic mass is 10.1. The number of aryl methyl sites for hydroxylation is 1. The van der Waals surface area contributed by atoms with Crippen molar-refractivity contribution in [1.82, 2.24) is 0 Å². The summed E-state index contributed by atoms with van der Waals surface area (Å²) in [6, 6.07) is 12.5. The van der Waals surface area contributed by atoms with Crippen molar-refractivity contribution in [3.8, 4) is 0 Å². The highest BCUT2D eigenvalue weighted by atomic mass is 32.2. The van der Waals surface area contributed by atoms with Crippen LogP contribution in [0.15, 0.2) is 47.4 Å². The number of hydrogen-bond donors (Lipinski definition) is 1. The first-order chi connectivity index (χ1) is 9.95. The third kappa shape index (κ3) is 2.74. The third-order valence-corrected chi connectivity index (χ3v) is 5.19. The second kappa shape index (κ2) is 5.07. The standard InChI is InChI=1S/C16H18N2O2S/c1-12-3-7-15(8-4-12)21(19,20)17-14-6-5-13-9-10-18(2)16(13)11-14/h3-8,11,17H,9-10H2,1-2H3. The Hall–Kier alpha value is -2.01. The van der Waals surface area contributed by atoms with Gasteiger partial charge in [0.15, 0.2) is 0 Å². The summed E-state index contributed by atoms with van der Waals surface area (Å²) in [5.41, 5.74) is 3.99. The van der Waals surface area contributed by atoms with Gasteiger partial charge in [-0.1, -0.05) is 23.8 Å². The van der Waals surface area contributed by atoms with Crippen molar-refractivity contribution >= 4 is 21.4 Å². The maximum atomic E-state index is 12.4. The Kier molecular flexibility index (Phi) is 3.37. The molecule has 3 rings (SSSR count). The Bertz CT molecular complexity index is 767. The Labute approximate surface area is 125 Å². The second-order valence-corrected chi connectivity index (χ2v) is 7.12. The number of rotatable bonds is 3. The van der Waals surface area contributed by atoms with E-state index in [1.165, 1.54) is 5.56 Å². The van der Waals surface area contributed by atoms with E-state index in [4.69, 9.17) is 0 Å². The van der Waals surface area contributed by atoms with Crippen molar-refractivity contribution in [2.45, 2.75) is 18.2 Å². The Morgan fingerprint density at radius 1 is 1.10 bits per heavy atom. The van der Waals surface area contributed by atoms with Crippen molar-refractivity contribution in [1.29, 1.82) is 0 Å². The van der Waals surface area contributed by atoms with Crippen LogP contribution >= 0.6 is 0 Å². The monoisotopic (exact) mass is 302 g/mol. The number of benzene rings is 2. The average Bonchev–Trinajstić information content (AvgIpc) is 2.80. The lowest BCUT2D eigenvalue weighted by Gasteiger charge is -2.14. The topological polar surface area (TPSA) is 49.4 Å². The zero-order valence-electron chi connectivity index (χ0n) is 12.1. The molecule has 0 saturated carbocycles. The van der Waals surface area contributed by atoms with Crippen LogP contribution in [0.5, 0.6) is 0 Å². The van der Waals surface area contributed by atoms with Crippen molar-refractivity contribution < 1.29 is 8.42 Å². The summed E-state index contributed by atoms with van der Waals surface area (Å²) in [7, 11) is -1.52. The van der Waals surface area contributed by atoms with E-state index in [0.29, 0.717) is 5.69 Å². The maximum absolute atomic E-state index is 12.4. The molecule has 1 N–H and O–H groups in total. The maximum Gasteiger partial charge on any atom is 0.261 e. The summed E-state index contributed by atoms with van der Waals surface area (Å²) in [6.45, 7) is 2.91. The van der Waals surface area contributed by atoms with E-state index in [-0.39, 0.29) is 4.90 Å². The van der Waals surface area contributed by atoms with Crippen LogP contribution in [0.1, 0.15) is 11.1 Å². The fraction of sp³-hybridized carbons (Fsp3) is 0.250. The summed E-state index contributed by atoms with van der Waals surface area (Å²) in [4.78, 5) is 2.42. The fourth-order valence-electron chi connectivity index (χ4n) is 2.53. The molecule has 0 aliphatic carbocycles. The molecule has 2 aromatic carbocycles. The minimum atomic E-state index is -3.53. The largest absolute Gasteiger partial charge is 0.374 e. The molecule has 1 aliphatic heterocycles. The molecule has 0 atom stereocenters. The normalized spacial score (nSPS) is 14.1. The van der Waals surface area contributed by atoms with Gasteiger partial charge in [-0.25, -0.2) is 8.42 Å². The number of nitrogens with one attached hydrogen (secondary N) is 1. The lowest BCUT2D eigenvalue weighted by molar-refractivity contribution is 0.601. The van der Waals surface area contributed by atoms with Gasteiger partial charge in [0, 0.05) is 19.3 Å². The molecule has 5 heteroatoms. The smallest absolute Gasteiger partial charge is 0.261 e. The second-order valence-electron chi connectivity index (χ2n) is 5.43. The predicted octanol–water partition coefficient (Wildman–Crippen LogP) is 2.79. The zero-order chi connectivity index (χ0) is 15.0. The van der Waals surface area contributed by atoms with E-state index in [1.807, 2.05) is 32.2 Å². The molecule has 0 bridgehead atoms. The van der Waals surface area contributed by atoms with E-state index >= 15 is 0 Å². The molecule has 2 aromatic rings. The quantitative estimate of drug-likeness (QED) is 0.948. The van der Waals surface area contributed by atoms with Crippen molar-refractivity contribution in [3.63, 3.8) is 0 Å². The van der Waals surface area contributed by atoms with Gasteiger partial charge >= 0.3 is 0 Å². The van der Waals surface area contributed by atoms with Crippen LogP contribution < -0.4 is 9.62 Å². The van der Waals surface area contributed by atoms with Gasteiger partial charge < -0.3 is 4.90 Å². The third-order valence-electron chi connectivity index (χ3n) is 3.80. The van der Waals surface area contributed by atoms with Crippen molar-refractivity contribution in [2.75, 3.05) is 23.2 Å². The molecule has 0 amide bonds. The molecule has 110 valence electrons. The molecule has 0 spiro atoms. The van der Waals surface area contributed by atoms with E-state index in [1.54, 1.807) is 24.3 Å². The molecule has 0 fully saturated rings. The van der Waals surface area contributed by atoms with Crippen LogP contribution in [0, 0.1) is 6.92 Å². The first kappa shape index (κ1) is 13.9. The van der Waals surface area contributed by atoms with Gasteiger partial charge in [-0.05, 0) is 43.2 Å². The summed E-state index contributed by atoms with van der Waals surface area (Å²) in [6.07, 6.45) is 1.01. The fourth-order valence-corrected chi connectivity index (χ4v) is 3.58. The number of fused-ring (bicyclic) bond motifs is 1. The molecule has 0 radical (unpaired) electrons.